The van der Waals surface area contributed by atoms with Gasteiger partial charge in [0.25, 0.3) is 0 Å². The smallest absolute Gasteiger partial charge is 0.303 e. The molecule has 0 N–H and O–H groups in total. The number of aliphatic imine (C=N–C) groups is 1. The predicted molar refractivity (Wildman–Crippen MR) is 183 cm³/mol. The van der Waals surface area contributed by atoms with Gasteiger partial charge in [-0.2, -0.15) is 4.99 Å². The maximum Gasteiger partial charge on any atom is 0.303 e. The van der Waals surface area contributed by atoms with E-state index in [4.69, 9.17) is 21.9 Å². The summed E-state index contributed by atoms with van der Waals surface area (Å²) in [4.78, 5) is 22.7. The molecule has 0 bridgehead atoms. The number of thiocarbonyl (C=S) groups is 1. The van der Waals surface area contributed by atoms with Crippen LogP contribution in [0.1, 0.15) is 34.8 Å². The van der Waals surface area contributed by atoms with Crippen LogP contribution in [0.25, 0.3) is 6.08 Å². The Morgan fingerprint density at radius 1 is 0.886 bits per heavy atom. The molecule has 1 saturated heterocycles. The molecular weight excluding hydrogens is 563 g/mol. The van der Waals surface area contributed by atoms with Crippen LogP contribution in [0.3, 0.4) is 0 Å². The quantitative estimate of drug-likeness (QED) is 0.116. The molecular formula is C38H31N3O2S. The monoisotopic (exact) mass is 593 g/mol. The van der Waals surface area contributed by atoms with Crippen molar-refractivity contribution in [2.24, 2.45) is 4.99 Å². The summed E-state index contributed by atoms with van der Waals surface area (Å²) >= 11 is 5.80. The summed E-state index contributed by atoms with van der Waals surface area (Å²) in [5.41, 5.74) is 5.82. The number of allylic oxidation sites excluding steroid dienone is 5. The fourth-order valence-electron chi connectivity index (χ4n) is 5.11. The number of para-hydroxylation sites is 2. The second kappa shape index (κ2) is 13.3. The van der Waals surface area contributed by atoms with Crippen molar-refractivity contribution >= 4 is 52.1 Å². The first-order chi connectivity index (χ1) is 21.6. The summed E-state index contributed by atoms with van der Waals surface area (Å²) in [5, 5.41) is 0. The number of hydrogen-bond acceptors (Lipinski definition) is 5. The minimum absolute atomic E-state index is 0.0964. The molecule has 0 unspecified atom stereocenters. The SMILES string of the molecule is CCN1C(=S)/C(=C\c2ccc(N(C3=CCC=CC=C3)c3ccccc3)cc2)OC1=Nc1ccccc1C(=O)c1ccccc1. The molecule has 0 aromatic heterocycles. The Bertz CT molecular complexity index is 1820. The van der Waals surface area contributed by atoms with Gasteiger partial charge in [-0.15, -0.1) is 0 Å². The fourth-order valence-corrected chi connectivity index (χ4v) is 5.42. The minimum Gasteiger partial charge on any atom is -0.422 e. The molecule has 6 heteroatoms. The normalized spacial score (nSPS) is 16.2. The van der Waals surface area contributed by atoms with Gasteiger partial charge in [-0.05, 0) is 67.5 Å². The van der Waals surface area contributed by atoms with E-state index in [0.717, 1.165) is 29.1 Å². The van der Waals surface area contributed by atoms with Crippen molar-refractivity contribution in [1.82, 2.24) is 4.90 Å². The highest BCUT2D eigenvalue weighted by Gasteiger charge is 2.30. The van der Waals surface area contributed by atoms with Gasteiger partial charge < -0.3 is 9.64 Å². The van der Waals surface area contributed by atoms with Crippen molar-refractivity contribution in [3.63, 3.8) is 0 Å². The molecule has 1 fully saturated rings. The Kier molecular flexibility index (Phi) is 8.71. The zero-order valence-corrected chi connectivity index (χ0v) is 25.2. The molecule has 2 aliphatic rings. The van der Waals surface area contributed by atoms with Gasteiger partial charge in [-0.3, -0.25) is 9.69 Å². The Balaban J connectivity index is 1.28. The fraction of sp³-hybridized carbons (Fsp3) is 0.0789. The molecule has 1 aliphatic heterocycles. The van der Waals surface area contributed by atoms with E-state index < -0.39 is 0 Å². The second-order valence-corrected chi connectivity index (χ2v) is 10.6. The third-order valence-corrected chi connectivity index (χ3v) is 7.73. The van der Waals surface area contributed by atoms with Crippen molar-refractivity contribution < 1.29 is 9.53 Å². The topological polar surface area (TPSA) is 45.1 Å². The summed E-state index contributed by atoms with van der Waals surface area (Å²) in [6, 6.07) is 35.5. The highest BCUT2D eigenvalue weighted by molar-refractivity contribution is 7.80. The van der Waals surface area contributed by atoms with Gasteiger partial charge in [0.1, 0.15) is 0 Å². The number of hydrogen-bond donors (Lipinski definition) is 0. The molecule has 0 amide bonds. The summed E-state index contributed by atoms with van der Waals surface area (Å²) < 4.78 is 6.23. The summed E-state index contributed by atoms with van der Waals surface area (Å²) in [7, 11) is 0. The average Bonchev–Trinajstić information content (AvgIpc) is 3.20. The molecule has 0 spiro atoms. The van der Waals surface area contributed by atoms with E-state index in [0.29, 0.717) is 40.1 Å². The van der Waals surface area contributed by atoms with E-state index in [-0.39, 0.29) is 5.78 Å². The van der Waals surface area contributed by atoms with Gasteiger partial charge in [0.15, 0.2) is 16.5 Å². The average molecular weight is 594 g/mol. The van der Waals surface area contributed by atoms with Gasteiger partial charge in [-0.25, -0.2) is 0 Å². The standard InChI is InChI=1S/C38H31N3O2S/c1-2-40-37(44)35(43-38(40)39-34-22-14-13-21-33(34)36(42)29-15-7-5-8-16-29)27-28-23-25-32(26-24-28)41(31-19-11-6-12-20-31)30-17-9-3-4-10-18-30/h3-9,11-27H,2,10H2,1H3/b35-27+,39-38?. The van der Waals surface area contributed by atoms with Gasteiger partial charge in [-0.1, -0.05) is 109 Å². The van der Waals surface area contributed by atoms with Crippen LogP contribution in [0.5, 0.6) is 0 Å². The lowest BCUT2D eigenvalue weighted by atomic mass is 10.0. The van der Waals surface area contributed by atoms with Crippen LogP contribution in [0, 0.1) is 0 Å². The highest BCUT2D eigenvalue weighted by Crippen LogP contribution is 2.32. The first-order valence-corrected chi connectivity index (χ1v) is 15.0. The van der Waals surface area contributed by atoms with Crippen LogP contribution in [0.15, 0.2) is 156 Å². The maximum atomic E-state index is 13.3. The van der Waals surface area contributed by atoms with Crippen molar-refractivity contribution in [3.8, 4) is 0 Å². The first kappa shape index (κ1) is 28.8. The van der Waals surface area contributed by atoms with E-state index in [1.807, 2.05) is 72.5 Å². The summed E-state index contributed by atoms with van der Waals surface area (Å²) in [5.74, 6) is 0.446. The van der Waals surface area contributed by atoms with E-state index in [1.165, 1.54) is 0 Å². The van der Waals surface area contributed by atoms with Crippen LogP contribution >= 0.6 is 12.2 Å². The van der Waals surface area contributed by atoms with E-state index in [2.05, 4.69) is 71.7 Å². The zero-order valence-electron chi connectivity index (χ0n) is 24.3. The van der Waals surface area contributed by atoms with Crippen LogP contribution in [-0.2, 0) is 4.74 Å². The number of anilines is 2. The van der Waals surface area contributed by atoms with Crippen LogP contribution < -0.4 is 4.90 Å². The van der Waals surface area contributed by atoms with Gasteiger partial charge in [0.05, 0.1) is 5.69 Å². The molecule has 1 aliphatic carbocycles. The number of carbonyl (C=O) groups is 1. The van der Waals surface area contributed by atoms with Crippen LogP contribution in [0.2, 0.25) is 0 Å². The predicted octanol–water partition coefficient (Wildman–Crippen LogP) is 9.16. The molecule has 6 rings (SSSR count). The molecule has 1 heterocycles. The number of rotatable bonds is 8. The van der Waals surface area contributed by atoms with E-state index >= 15 is 0 Å². The maximum absolute atomic E-state index is 13.3. The lowest BCUT2D eigenvalue weighted by molar-refractivity contribution is 0.103. The molecule has 5 nitrogen and oxygen atoms in total. The first-order valence-electron chi connectivity index (χ1n) is 14.6. The summed E-state index contributed by atoms with van der Waals surface area (Å²) in [6.45, 7) is 2.57. The molecule has 4 aromatic carbocycles. The Labute approximate surface area is 263 Å². The summed E-state index contributed by atoms with van der Waals surface area (Å²) in [6.07, 6.45) is 13.4. The largest absolute Gasteiger partial charge is 0.422 e. The minimum atomic E-state index is -0.0964. The number of carbonyl (C=O) groups excluding carboxylic acids is 1. The van der Waals surface area contributed by atoms with Gasteiger partial charge in [0, 0.05) is 34.7 Å². The number of nitrogens with zero attached hydrogens (tertiary/aromatic N) is 3. The number of ketones is 1. The number of ether oxygens (including phenoxy) is 1. The van der Waals surface area contributed by atoms with Crippen molar-refractivity contribution in [3.05, 3.63) is 168 Å². The Hall–Kier alpha value is -5.33. The molecule has 0 radical (unpaired) electrons. The molecule has 4 aromatic rings. The van der Waals surface area contributed by atoms with E-state index in [1.54, 1.807) is 18.2 Å². The van der Waals surface area contributed by atoms with Crippen LogP contribution in [-0.4, -0.2) is 28.2 Å². The number of amidine groups is 1. The lowest BCUT2D eigenvalue weighted by Gasteiger charge is -2.26. The Morgan fingerprint density at radius 3 is 2.32 bits per heavy atom. The number of benzene rings is 4. The van der Waals surface area contributed by atoms with Crippen molar-refractivity contribution in [1.29, 1.82) is 0 Å². The van der Waals surface area contributed by atoms with Crippen LogP contribution in [0.4, 0.5) is 17.1 Å². The van der Waals surface area contributed by atoms with Crippen molar-refractivity contribution in [2.75, 3.05) is 11.4 Å². The second-order valence-electron chi connectivity index (χ2n) is 10.2. The van der Waals surface area contributed by atoms with Crippen molar-refractivity contribution in [2.45, 2.75) is 13.3 Å². The number of likely N-dealkylation sites (N-methyl/N-ethyl adjacent to an activating group) is 1. The molecule has 0 saturated carbocycles. The molecule has 0 atom stereocenters. The van der Waals surface area contributed by atoms with E-state index in [9.17, 15) is 4.79 Å². The molecule has 44 heavy (non-hydrogen) atoms. The Morgan fingerprint density at radius 2 is 1.57 bits per heavy atom. The third-order valence-electron chi connectivity index (χ3n) is 7.30. The highest BCUT2D eigenvalue weighted by atomic mass is 32.1. The third kappa shape index (κ3) is 6.21. The lowest BCUT2D eigenvalue weighted by Crippen LogP contribution is -2.28. The van der Waals surface area contributed by atoms with Gasteiger partial charge in [0.2, 0.25) is 0 Å². The molecule has 216 valence electrons. The zero-order chi connectivity index (χ0) is 30.3. The van der Waals surface area contributed by atoms with Gasteiger partial charge >= 0.3 is 6.02 Å².